The van der Waals surface area contributed by atoms with Gasteiger partial charge in [-0.25, -0.2) is 0 Å². The molecule has 0 saturated heterocycles. The largest absolute Gasteiger partial charge is 0.370 e. The Balaban J connectivity index is 3.26. The minimum atomic E-state index is -1.46. The summed E-state index contributed by atoms with van der Waals surface area (Å²) in [6.45, 7) is 4.63. The van der Waals surface area contributed by atoms with Crippen molar-refractivity contribution in [2.75, 3.05) is 13.1 Å². The number of rotatable bonds is 26. The Morgan fingerprint density at radius 1 is 0.679 bits per heavy atom. The maximum Gasteiger partial charge on any atom is 0.243 e. The normalized spacial score (nSPS) is 13.9. The molecule has 6 atom stereocenters. The SMILES string of the molecule is CC(C)C[C@H](NC(=O)[C@H](Cc1ccccc1)NC(=O)[C@H](CC(N)=O)NC(=O)CN)C(=O)N[C@@H](CCC(N)=O)C(=O)N[C@@H](C)C(=O)N[C@H](C=O)CCCN=C(N)N. The molecule has 8 amide bonds. The van der Waals surface area contributed by atoms with Gasteiger partial charge in [0.15, 0.2) is 5.96 Å². The first-order chi connectivity index (χ1) is 26.4. The molecule has 0 unspecified atom stereocenters. The Morgan fingerprint density at radius 2 is 1.25 bits per heavy atom. The molecule has 1 rings (SSSR count). The molecule has 0 saturated carbocycles. The summed E-state index contributed by atoms with van der Waals surface area (Å²) in [6, 6.07) is 0.949. The van der Waals surface area contributed by atoms with Crippen LogP contribution in [0.3, 0.4) is 0 Å². The summed E-state index contributed by atoms with van der Waals surface area (Å²) in [5.41, 5.74) is 27.1. The van der Waals surface area contributed by atoms with Crippen LogP contribution in [0.2, 0.25) is 0 Å². The molecule has 1 aromatic carbocycles. The van der Waals surface area contributed by atoms with Gasteiger partial charge in [0.2, 0.25) is 47.3 Å². The predicted molar refractivity (Wildman–Crippen MR) is 204 cm³/mol. The van der Waals surface area contributed by atoms with E-state index in [0.29, 0.717) is 18.3 Å². The molecular weight excluding hydrogens is 732 g/mol. The number of carbonyl (C=O) groups excluding carboxylic acids is 9. The monoisotopic (exact) mass is 788 g/mol. The molecule has 0 bridgehead atoms. The Morgan fingerprint density at radius 3 is 1.80 bits per heavy atom. The molecule has 21 nitrogen and oxygen atoms in total. The number of amides is 8. The van der Waals surface area contributed by atoms with Crippen LogP contribution in [0.4, 0.5) is 0 Å². The van der Waals surface area contributed by atoms with Crippen LogP contribution in [0.15, 0.2) is 35.3 Å². The number of aldehydes is 1. The van der Waals surface area contributed by atoms with Gasteiger partial charge in [0.25, 0.3) is 0 Å². The third kappa shape index (κ3) is 19.3. The fourth-order valence-electron chi connectivity index (χ4n) is 5.18. The number of aliphatic imine (C=N–C) groups is 1. The Hall–Kier alpha value is -6.12. The highest BCUT2D eigenvalue weighted by molar-refractivity contribution is 5.97. The van der Waals surface area contributed by atoms with Gasteiger partial charge in [-0.05, 0) is 44.1 Å². The number of hydrogen-bond donors (Lipinski definition) is 11. The molecule has 0 radical (unpaired) electrons. The van der Waals surface area contributed by atoms with Crippen LogP contribution >= 0.6 is 0 Å². The summed E-state index contributed by atoms with van der Waals surface area (Å²) >= 11 is 0. The molecule has 0 aliphatic rings. The standard InChI is InChI=1S/C35H56N12O9/c1-19(2)14-24(46-33(55)25(15-21-8-5-4-6-9-21)47-34(56)26(16-28(38)50)44-29(51)17-36)32(54)45-23(11-12-27(37)49)31(53)42-20(3)30(52)43-22(18-48)10-7-13-41-35(39)40/h4-6,8-9,18-20,22-26H,7,10-17,36H2,1-3H3,(H2,37,49)(H2,38,50)(H,42,53)(H,43,52)(H,44,51)(H,45,54)(H,46,55)(H,47,56)(H4,39,40,41)/t20-,22-,23-,24-,25-,26-/m0/s1. The average molecular weight is 789 g/mol. The molecule has 0 aliphatic carbocycles. The molecule has 0 heterocycles. The quantitative estimate of drug-likeness (QED) is 0.0183. The van der Waals surface area contributed by atoms with Crippen molar-refractivity contribution in [1.29, 1.82) is 0 Å². The lowest BCUT2D eigenvalue weighted by Crippen LogP contribution is -2.60. The molecular formula is C35H56N12O9. The number of nitrogens with zero attached hydrogens (tertiary/aromatic N) is 1. The maximum atomic E-state index is 13.9. The van der Waals surface area contributed by atoms with Crippen LogP contribution in [0.1, 0.15) is 64.9 Å². The number of primary amides is 2. The van der Waals surface area contributed by atoms with Crippen molar-refractivity contribution in [3.8, 4) is 0 Å². The first-order valence-electron chi connectivity index (χ1n) is 18.0. The fraction of sp³-hybridized carbons (Fsp3) is 0.543. The van der Waals surface area contributed by atoms with Crippen molar-refractivity contribution >= 4 is 59.5 Å². The van der Waals surface area contributed by atoms with E-state index in [2.05, 4.69) is 36.9 Å². The van der Waals surface area contributed by atoms with Gasteiger partial charge < -0.3 is 65.4 Å². The van der Waals surface area contributed by atoms with Gasteiger partial charge in [0.05, 0.1) is 19.0 Å². The zero-order valence-corrected chi connectivity index (χ0v) is 31.9. The second-order valence-corrected chi connectivity index (χ2v) is 13.4. The van der Waals surface area contributed by atoms with Crippen molar-refractivity contribution < 1.29 is 43.2 Å². The summed E-state index contributed by atoms with van der Waals surface area (Å²) in [5.74, 6) is -6.90. The number of nitrogens with one attached hydrogen (secondary N) is 6. The third-order valence-electron chi connectivity index (χ3n) is 8.02. The Kier molecular flexibility index (Phi) is 21.4. The van der Waals surface area contributed by atoms with Crippen LogP contribution in [-0.2, 0) is 49.6 Å². The number of hydrogen-bond acceptors (Lipinski definition) is 11. The first kappa shape index (κ1) is 47.9. The lowest BCUT2D eigenvalue weighted by Gasteiger charge is -2.27. The highest BCUT2D eigenvalue weighted by Crippen LogP contribution is 2.10. The first-order valence-corrected chi connectivity index (χ1v) is 18.0. The predicted octanol–water partition coefficient (Wildman–Crippen LogP) is -4.44. The molecule has 56 heavy (non-hydrogen) atoms. The lowest BCUT2D eigenvalue weighted by molar-refractivity contribution is -0.135. The molecule has 0 spiro atoms. The van der Waals surface area contributed by atoms with Crippen LogP contribution < -0.4 is 60.6 Å². The average Bonchev–Trinajstić information content (AvgIpc) is 3.12. The van der Waals surface area contributed by atoms with E-state index in [1.165, 1.54) is 6.92 Å². The number of guanidine groups is 1. The minimum absolute atomic E-state index is 0.0552. The Bertz CT molecular complexity index is 1550. The van der Waals surface area contributed by atoms with Crippen molar-refractivity contribution in [3.63, 3.8) is 0 Å². The van der Waals surface area contributed by atoms with Crippen molar-refractivity contribution in [1.82, 2.24) is 31.9 Å². The molecule has 16 N–H and O–H groups in total. The molecule has 310 valence electrons. The fourth-order valence-corrected chi connectivity index (χ4v) is 5.18. The number of nitrogens with two attached hydrogens (primary N) is 5. The van der Waals surface area contributed by atoms with Gasteiger partial charge >= 0.3 is 0 Å². The van der Waals surface area contributed by atoms with Crippen LogP contribution in [0.5, 0.6) is 0 Å². The summed E-state index contributed by atoms with van der Waals surface area (Å²) in [7, 11) is 0. The van der Waals surface area contributed by atoms with Gasteiger partial charge in [-0.2, -0.15) is 0 Å². The van der Waals surface area contributed by atoms with Crippen LogP contribution in [-0.4, -0.2) is 109 Å². The molecule has 0 aromatic heterocycles. The van der Waals surface area contributed by atoms with Crippen molar-refractivity contribution in [3.05, 3.63) is 35.9 Å². The van der Waals surface area contributed by atoms with E-state index in [9.17, 15) is 43.2 Å². The zero-order chi connectivity index (χ0) is 42.4. The zero-order valence-electron chi connectivity index (χ0n) is 31.9. The third-order valence-corrected chi connectivity index (χ3v) is 8.02. The molecule has 1 aromatic rings. The van der Waals surface area contributed by atoms with E-state index in [1.54, 1.807) is 44.2 Å². The number of carbonyl (C=O) groups is 9. The van der Waals surface area contributed by atoms with Crippen LogP contribution in [0, 0.1) is 5.92 Å². The molecule has 21 heteroatoms. The molecule has 0 aliphatic heterocycles. The second-order valence-electron chi connectivity index (χ2n) is 13.4. The van der Waals surface area contributed by atoms with Gasteiger partial charge in [-0.15, -0.1) is 0 Å². The minimum Gasteiger partial charge on any atom is -0.370 e. The van der Waals surface area contributed by atoms with Gasteiger partial charge in [0, 0.05) is 19.4 Å². The lowest BCUT2D eigenvalue weighted by atomic mass is 10.00. The van der Waals surface area contributed by atoms with Gasteiger partial charge in [-0.3, -0.25) is 43.3 Å². The Labute approximate surface area is 324 Å². The second kappa shape index (κ2) is 25.1. The summed E-state index contributed by atoms with van der Waals surface area (Å²) in [4.78, 5) is 118. The van der Waals surface area contributed by atoms with E-state index in [4.69, 9.17) is 28.7 Å². The van der Waals surface area contributed by atoms with E-state index in [0.717, 1.165) is 0 Å². The van der Waals surface area contributed by atoms with Gasteiger partial charge in [-0.1, -0.05) is 44.2 Å². The smallest absolute Gasteiger partial charge is 0.243 e. The van der Waals surface area contributed by atoms with E-state index in [-0.39, 0.29) is 50.5 Å². The van der Waals surface area contributed by atoms with Crippen LogP contribution in [0.25, 0.3) is 0 Å². The highest BCUT2D eigenvalue weighted by Gasteiger charge is 2.33. The van der Waals surface area contributed by atoms with Crippen molar-refractivity contribution in [2.24, 2.45) is 39.6 Å². The van der Waals surface area contributed by atoms with Crippen molar-refractivity contribution in [2.45, 2.75) is 102 Å². The summed E-state index contributed by atoms with van der Waals surface area (Å²) < 4.78 is 0. The molecule has 0 fully saturated rings. The number of benzene rings is 1. The summed E-state index contributed by atoms with van der Waals surface area (Å²) in [6.07, 6.45) is -0.108. The summed E-state index contributed by atoms with van der Waals surface area (Å²) in [5, 5.41) is 14.9. The topological polar surface area (TPSA) is 368 Å². The van der Waals surface area contributed by atoms with Gasteiger partial charge in [0.1, 0.15) is 36.5 Å². The highest BCUT2D eigenvalue weighted by atomic mass is 16.2. The maximum absolute atomic E-state index is 13.9. The van der Waals surface area contributed by atoms with E-state index >= 15 is 0 Å². The van der Waals surface area contributed by atoms with E-state index < -0.39 is 96.5 Å². The van der Waals surface area contributed by atoms with E-state index in [1.807, 2.05) is 0 Å².